The van der Waals surface area contributed by atoms with Crippen molar-refractivity contribution < 1.29 is 4.79 Å². The van der Waals surface area contributed by atoms with Gasteiger partial charge in [0.2, 0.25) is 5.91 Å². The van der Waals surface area contributed by atoms with Crippen LogP contribution in [0.2, 0.25) is 0 Å². The summed E-state index contributed by atoms with van der Waals surface area (Å²) in [6, 6.07) is 13.6. The number of benzene rings is 1. The smallest absolute Gasteiger partial charge is 0.244 e. The summed E-state index contributed by atoms with van der Waals surface area (Å²) in [7, 11) is 0. The fourth-order valence-corrected chi connectivity index (χ4v) is 1.68. The molecule has 96 valence electrons. The van der Waals surface area contributed by atoms with Gasteiger partial charge >= 0.3 is 0 Å². The van der Waals surface area contributed by atoms with Crippen LogP contribution in [-0.2, 0) is 11.3 Å². The monoisotopic (exact) mass is 252 g/mol. The molecule has 1 N–H and O–H groups in total. The molecule has 1 aromatic heterocycles. The molecule has 0 bridgehead atoms. The number of pyridine rings is 1. The Morgan fingerprint density at radius 1 is 1.26 bits per heavy atom. The molecule has 0 saturated heterocycles. The van der Waals surface area contributed by atoms with Gasteiger partial charge in [-0.1, -0.05) is 35.9 Å². The van der Waals surface area contributed by atoms with Crippen molar-refractivity contribution in [1.29, 1.82) is 0 Å². The molecule has 0 atom stereocenters. The fraction of sp³-hybridized carbons (Fsp3) is 0.125. The molecule has 0 aliphatic carbocycles. The minimum Gasteiger partial charge on any atom is -0.347 e. The van der Waals surface area contributed by atoms with Gasteiger partial charge < -0.3 is 5.32 Å². The maximum atomic E-state index is 11.6. The minimum absolute atomic E-state index is 0.118. The standard InChI is InChI=1S/C16H16N2O/c1-13-5-4-6-14(11-13)8-9-16(19)18-12-15-7-2-3-10-17-15/h2-11H,12H2,1H3,(H,18,19)/b9-8+. The summed E-state index contributed by atoms with van der Waals surface area (Å²) in [6.07, 6.45) is 5.06. The van der Waals surface area contributed by atoms with Crippen molar-refractivity contribution in [3.05, 3.63) is 71.6 Å². The maximum absolute atomic E-state index is 11.6. The molecule has 0 unspecified atom stereocenters. The van der Waals surface area contributed by atoms with Crippen molar-refractivity contribution in [1.82, 2.24) is 10.3 Å². The molecule has 0 aliphatic heterocycles. The van der Waals surface area contributed by atoms with Gasteiger partial charge in [0.1, 0.15) is 0 Å². The molecule has 0 spiro atoms. The highest BCUT2D eigenvalue weighted by molar-refractivity contribution is 5.91. The van der Waals surface area contributed by atoms with E-state index in [0.717, 1.165) is 11.3 Å². The third-order valence-electron chi connectivity index (χ3n) is 2.64. The van der Waals surface area contributed by atoms with Crippen LogP contribution in [0.15, 0.2) is 54.7 Å². The van der Waals surface area contributed by atoms with E-state index in [1.807, 2.05) is 49.4 Å². The lowest BCUT2D eigenvalue weighted by Crippen LogP contribution is -2.20. The zero-order chi connectivity index (χ0) is 13.5. The van der Waals surface area contributed by atoms with Crippen LogP contribution in [-0.4, -0.2) is 10.9 Å². The quantitative estimate of drug-likeness (QED) is 0.850. The van der Waals surface area contributed by atoms with Crippen LogP contribution in [0.1, 0.15) is 16.8 Å². The second kappa shape index (κ2) is 6.50. The van der Waals surface area contributed by atoms with Gasteiger partial charge in [-0.25, -0.2) is 0 Å². The Morgan fingerprint density at radius 3 is 2.89 bits per heavy atom. The highest BCUT2D eigenvalue weighted by Gasteiger charge is 1.97. The first kappa shape index (κ1) is 13.0. The largest absolute Gasteiger partial charge is 0.347 e. The fourth-order valence-electron chi connectivity index (χ4n) is 1.68. The lowest BCUT2D eigenvalue weighted by molar-refractivity contribution is -0.116. The van der Waals surface area contributed by atoms with Gasteiger partial charge in [-0.15, -0.1) is 0 Å². The number of aromatic nitrogens is 1. The SMILES string of the molecule is Cc1cccc(/C=C/C(=O)NCc2ccccn2)c1. The number of nitrogens with zero attached hydrogens (tertiary/aromatic N) is 1. The molecule has 2 aromatic rings. The maximum Gasteiger partial charge on any atom is 0.244 e. The molecule has 0 radical (unpaired) electrons. The summed E-state index contributed by atoms with van der Waals surface area (Å²) in [5.74, 6) is -0.118. The predicted molar refractivity (Wildman–Crippen MR) is 76.3 cm³/mol. The van der Waals surface area contributed by atoms with Gasteiger partial charge in [-0.2, -0.15) is 0 Å². The van der Waals surface area contributed by atoms with Crippen LogP contribution in [0.25, 0.3) is 6.08 Å². The van der Waals surface area contributed by atoms with Gasteiger partial charge in [0.25, 0.3) is 0 Å². The lowest BCUT2D eigenvalue weighted by Gasteiger charge is -2.01. The van der Waals surface area contributed by atoms with Gasteiger partial charge in [0.15, 0.2) is 0 Å². The number of amides is 1. The van der Waals surface area contributed by atoms with E-state index in [1.165, 1.54) is 11.6 Å². The highest BCUT2D eigenvalue weighted by atomic mass is 16.1. The van der Waals surface area contributed by atoms with Crippen LogP contribution in [0.4, 0.5) is 0 Å². The molecule has 3 nitrogen and oxygen atoms in total. The van der Waals surface area contributed by atoms with E-state index >= 15 is 0 Å². The molecule has 1 aromatic carbocycles. The Hall–Kier alpha value is -2.42. The van der Waals surface area contributed by atoms with E-state index in [-0.39, 0.29) is 5.91 Å². The van der Waals surface area contributed by atoms with Crippen molar-refractivity contribution in [2.75, 3.05) is 0 Å². The van der Waals surface area contributed by atoms with Crippen molar-refractivity contribution in [3.8, 4) is 0 Å². The van der Waals surface area contributed by atoms with E-state index in [4.69, 9.17) is 0 Å². The van der Waals surface area contributed by atoms with Crippen LogP contribution < -0.4 is 5.32 Å². The van der Waals surface area contributed by atoms with E-state index in [2.05, 4.69) is 10.3 Å². The molecule has 3 heteroatoms. The number of carbonyl (C=O) groups is 1. The Balaban J connectivity index is 1.88. The number of hydrogen-bond donors (Lipinski definition) is 1. The van der Waals surface area contributed by atoms with Crippen LogP contribution >= 0.6 is 0 Å². The molecule has 1 amide bonds. The van der Waals surface area contributed by atoms with E-state index in [1.54, 1.807) is 12.3 Å². The van der Waals surface area contributed by atoms with Gasteiger partial charge in [-0.3, -0.25) is 9.78 Å². The Morgan fingerprint density at radius 2 is 2.16 bits per heavy atom. The van der Waals surface area contributed by atoms with Gasteiger partial charge in [-0.05, 0) is 30.7 Å². The molecule has 0 saturated carbocycles. The Bertz CT molecular complexity index is 576. The number of nitrogens with one attached hydrogen (secondary N) is 1. The summed E-state index contributed by atoms with van der Waals surface area (Å²) >= 11 is 0. The second-order valence-electron chi connectivity index (χ2n) is 4.29. The van der Waals surface area contributed by atoms with Crippen LogP contribution in [0.5, 0.6) is 0 Å². The van der Waals surface area contributed by atoms with Crippen molar-refractivity contribution >= 4 is 12.0 Å². The molecule has 0 aliphatic rings. The third kappa shape index (κ3) is 4.39. The first-order valence-corrected chi connectivity index (χ1v) is 6.16. The Kier molecular flexibility index (Phi) is 4.45. The normalized spacial score (nSPS) is 10.6. The second-order valence-corrected chi connectivity index (χ2v) is 4.29. The van der Waals surface area contributed by atoms with Crippen molar-refractivity contribution in [2.24, 2.45) is 0 Å². The van der Waals surface area contributed by atoms with Gasteiger partial charge in [0.05, 0.1) is 12.2 Å². The molecule has 1 heterocycles. The first-order valence-electron chi connectivity index (χ1n) is 6.16. The summed E-state index contributed by atoms with van der Waals surface area (Å²) < 4.78 is 0. The molecule has 0 fully saturated rings. The van der Waals surface area contributed by atoms with Crippen LogP contribution in [0, 0.1) is 6.92 Å². The third-order valence-corrected chi connectivity index (χ3v) is 2.64. The van der Waals surface area contributed by atoms with Crippen molar-refractivity contribution in [2.45, 2.75) is 13.5 Å². The first-order chi connectivity index (χ1) is 9.24. The zero-order valence-electron chi connectivity index (χ0n) is 10.8. The minimum atomic E-state index is -0.118. The number of carbonyl (C=O) groups excluding carboxylic acids is 1. The number of aryl methyl sites for hydroxylation is 1. The van der Waals surface area contributed by atoms with Crippen LogP contribution in [0.3, 0.4) is 0 Å². The molecule has 19 heavy (non-hydrogen) atoms. The molecule has 2 rings (SSSR count). The highest BCUT2D eigenvalue weighted by Crippen LogP contribution is 2.05. The molecular formula is C16H16N2O. The lowest BCUT2D eigenvalue weighted by atomic mass is 10.1. The zero-order valence-corrected chi connectivity index (χ0v) is 10.8. The average Bonchev–Trinajstić information content (AvgIpc) is 2.44. The topological polar surface area (TPSA) is 42.0 Å². The summed E-state index contributed by atoms with van der Waals surface area (Å²) in [4.78, 5) is 15.8. The van der Waals surface area contributed by atoms with Gasteiger partial charge in [0, 0.05) is 12.3 Å². The average molecular weight is 252 g/mol. The molecular weight excluding hydrogens is 236 g/mol. The number of rotatable bonds is 4. The van der Waals surface area contributed by atoms with E-state index < -0.39 is 0 Å². The van der Waals surface area contributed by atoms with Crippen molar-refractivity contribution in [3.63, 3.8) is 0 Å². The Labute approximate surface area is 113 Å². The summed E-state index contributed by atoms with van der Waals surface area (Å²) in [6.45, 7) is 2.47. The van der Waals surface area contributed by atoms with E-state index in [0.29, 0.717) is 6.54 Å². The summed E-state index contributed by atoms with van der Waals surface area (Å²) in [5, 5.41) is 2.80. The number of hydrogen-bond acceptors (Lipinski definition) is 2. The predicted octanol–water partition coefficient (Wildman–Crippen LogP) is 2.72. The summed E-state index contributed by atoms with van der Waals surface area (Å²) in [5.41, 5.74) is 3.05. The van der Waals surface area contributed by atoms with E-state index in [9.17, 15) is 4.79 Å².